The van der Waals surface area contributed by atoms with Gasteiger partial charge < -0.3 is 18.9 Å². The Labute approximate surface area is 566 Å². The maximum atomic E-state index is 11.5. The number of nitrogens with zero attached hydrogens (tertiary/aromatic N) is 4. The van der Waals surface area contributed by atoms with Crippen molar-refractivity contribution in [2.45, 2.75) is 55.2 Å². The summed E-state index contributed by atoms with van der Waals surface area (Å²) in [6.07, 6.45) is 0. The van der Waals surface area contributed by atoms with E-state index in [1.165, 1.54) is 0 Å². The molecular formula is C85H63BN4S. The molecule has 3 aliphatic heterocycles. The highest BCUT2D eigenvalue weighted by Gasteiger charge is 2.44. The Morgan fingerprint density at radius 2 is 0.901 bits per heavy atom. The van der Waals surface area contributed by atoms with Crippen molar-refractivity contribution >= 4 is 113 Å². The minimum Gasteiger partial charge on any atom is -0.310 e. The van der Waals surface area contributed by atoms with E-state index < -0.39 is 184 Å². The first-order valence-electron chi connectivity index (χ1n) is 41.1. The Hall–Kier alpha value is -10.5. The Balaban J connectivity index is 1.05. The molecule has 18 rings (SSSR count). The topological polar surface area (TPSA) is 16.3 Å². The van der Waals surface area contributed by atoms with Crippen molar-refractivity contribution in [1.29, 1.82) is 0 Å². The molecule has 3 aliphatic rings. The lowest BCUT2D eigenvalue weighted by atomic mass is 9.34. The molecule has 0 fully saturated rings. The van der Waals surface area contributed by atoms with Crippen molar-refractivity contribution in [2.24, 2.45) is 0 Å². The van der Waals surface area contributed by atoms with Gasteiger partial charge in [-0.25, -0.2) is 0 Å². The van der Waals surface area contributed by atoms with Gasteiger partial charge >= 0.3 is 0 Å². The van der Waals surface area contributed by atoms with Crippen molar-refractivity contribution in [3.05, 3.63) is 307 Å². The van der Waals surface area contributed by atoms with E-state index in [0.29, 0.717) is 55.1 Å². The molecule has 91 heavy (non-hydrogen) atoms. The summed E-state index contributed by atoms with van der Waals surface area (Å²) in [4.78, 5) is 4.46. The maximum absolute atomic E-state index is 11.5. The van der Waals surface area contributed by atoms with Crippen molar-refractivity contribution in [3.63, 3.8) is 0 Å². The molecule has 0 amide bonds. The van der Waals surface area contributed by atoms with Crippen molar-refractivity contribution in [1.82, 2.24) is 9.13 Å². The highest BCUT2D eigenvalue weighted by atomic mass is 32.2. The van der Waals surface area contributed by atoms with Gasteiger partial charge in [0.25, 0.3) is 0 Å². The largest absolute Gasteiger partial charge is 0.310 e. The first-order valence-corrected chi connectivity index (χ1v) is 30.9. The zero-order chi connectivity index (χ0) is 80.0. The zero-order valence-electron chi connectivity index (χ0n) is 71.8. The Bertz CT molecular complexity index is 6630. The first-order chi connectivity index (χ1) is 53.7. The molecule has 0 aliphatic carbocycles. The number of fused-ring (bicyclic) bond motifs is 12. The molecule has 0 radical (unpaired) electrons. The second kappa shape index (κ2) is 20.2. The minimum atomic E-state index is -1.52. The summed E-state index contributed by atoms with van der Waals surface area (Å²) in [5.74, 6) is 0. The fourth-order valence-electron chi connectivity index (χ4n) is 13.9. The lowest BCUT2D eigenvalue weighted by molar-refractivity contribution is 0.591. The molecule has 0 spiro atoms. The SMILES string of the molecule is [2H]c1c([2H])c(-n2c3c([2H])c([2H])c([2H])c([2H])c3c3c([2H])c([2H])c([2H])c([2H])c32)c([2H])c2c1B1c3c(cc(-c4ccc5c(c4)C(C)(C)c4ccccc4N5c4ccccc4)cc3N(c3c(-c4ccccc4)cc(C(C)(C)C)cc3-c3ccccc3)c3c([2H])c(-n4c5c([2H])c([2H])c([2H])c([2H])c5c5c([2H])c([2H])c([2H])c([2H])c54)c([2H])c([2H])c31)S2. The number of rotatable bonds is 7. The summed E-state index contributed by atoms with van der Waals surface area (Å²) in [5, 5.41) is -1.34. The normalized spacial score (nSPS) is 17.1. The molecule has 0 saturated heterocycles. The van der Waals surface area contributed by atoms with Gasteiger partial charge in [-0.1, -0.05) is 240 Å². The van der Waals surface area contributed by atoms with E-state index in [1.807, 2.05) is 126 Å². The molecular weight excluding hydrogens is 1120 g/mol. The third kappa shape index (κ3) is 8.18. The van der Waals surface area contributed by atoms with Gasteiger partial charge in [0, 0.05) is 76.3 Å². The van der Waals surface area contributed by atoms with Crippen LogP contribution in [0.15, 0.2) is 300 Å². The fraction of sp³-hybridized carbons (Fsp3) is 0.0824. The van der Waals surface area contributed by atoms with E-state index in [0.717, 1.165) is 54.6 Å². The Morgan fingerprint density at radius 3 is 1.47 bits per heavy atom. The second-order valence-corrected chi connectivity index (χ2v) is 25.8. The molecule has 13 aromatic carbocycles. The third-order valence-corrected chi connectivity index (χ3v) is 19.3. The van der Waals surface area contributed by atoms with Crippen LogP contribution in [0.25, 0.3) is 88.4 Å². The van der Waals surface area contributed by atoms with Crippen LogP contribution in [-0.4, -0.2) is 15.8 Å². The van der Waals surface area contributed by atoms with Gasteiger partial charge in [-0.15, -0.1) is 0 Å². The molecule has 0 bridgehead atoms. The van der Waals surface area contributed by atoms with Crippen LogP contribution in [0.1, 0.15) is 81.5 Å². The molecule has 432 valence electrons. The van der Waals surface area contributed by atoms with E-state index in [9.17, 15) is 21.9 Å². The number of benzene rings is 13. The molecule has 15 aromatic rings. The van der Waals surface area contributed by atoms with Gasteiger partial charge in [-0.3, -0.25) is 0 Å². The average Bonchev–Trinajstić information content (AvgIpc) is 1.31. The Kier molecular flexibility index (Phi) is 7.92. The average molecular weight is 1210 g/mol. The summed E-state index contributed by atoms with van der Waals surface area (Å²) >= 11 is 1.04. The standard InChI is InChI=1S/C85H63BN4S/c1-84(2,3)58-50-66(54-25-9-6-10-26-54)83(67(51-58)55-27-11-7-12-28-55)90-78-52-60(88-72-36-20-15-31-62(72)63-32-16-21-37-73(63)88)42-44-70(78)86-71-45-43-61(89-74-38-22-17-33-64(74)65-34-18-23-39-75(65)89)53-80(71)91-81-49-57(48-79(90)82(81)86)56-41-46-77-69(47-56)85(4,5)68-35-19-24-40-76(68)87(77)59-29-13-8-14-30-59/h6-53H,1-5H3/i15D,16D,17D,18D,20D,21D,22D,23D,31D,32D,33D,34D,36D,37D,38D,39D,42D,43D,44D,45D,52D,53D. The summed E-state index contributed by atoms with van der Waals surface area (Å²) in [6.45, 7) is 9.09. The van der Waals surface area contributed by atoms with Crippen LogP contribution in [0.5, 0.6) is 0 Å². The first kappa shape index (κ1) is 35.6. The van der Waals surface area contributed by atoms with Crippen molar-refractivity contribution in [3.8, 4) is 44.8 Å². The number of hydrogen-bond donors (Lipinski definition) is 0. The summed E-state index contributed by atoms with van der Waals surface area (Å²) in [5.41, 5.74) is 6.43. The predicted molar refractivity (Wildman–Crippen MR) is 387 cm³/mol. The third-order valence-electron chi connectivity index (χ3n) is 18.2. The fourth-order valence-corrected chi connectivity index (χ4v) is 15.1. The molecule has 5 heterocycles. The predicted octanol–water partition coefficient (Wildman–Crippen LogP) is 21.1. The summed E-state index contributed by atoms with van der Waals surface area (Å²) in [7, 11) is 0. The van der Waals surface area contributed by atoms with E-state index in [-0.39, 0.29) is 43.1 Å². The van der Waals surface area contributed by atoms with Gasteiger partial charge in [-0.2, -0.15) is 0 Å². The summed E-state index contributed by atoms with van der Waals surface area (Å²) in [6, 6.07) is 36.4. The van der Waals surface area contributed by atoms with Crippen LogP contribution < -0.4 is 26.2 Å². The van der Waals surface area contributed by atoms with Gasteiger partial charge in [-0.05, 0) is 158 Å². The Morgan fingerprint density at radius 1 is 0.396 bits per heavy atom. The van der Waals surface area contributed by atoms with Gasteiger partial charge in [0.2, 0.25) is 6.71 Å². The van der Waals surface area contributed by atoms with Crippen LogP contribution >= 0.6 is 11.8 Å². The lowest BCUT2D eigenvalue weighted by Crippen LogP contribution is -2.60. The van der Waals surface area contributed by atoms with Crippen LogP contribution in [-0.2, 0) is 10.8 Å². The highest BCUT2D eigenvalue weighted by Crippen LogP contribution is 2.55. The molecule has 0 N–H and O–H groups in total. The summed E-state index contributed by atoms with van der Waals surface area (Å²) < 4.78 is 216. The number of aromatic nitrogens is 2. The lowest BCUT2D eigenvalue weighted by Gasteiger charge is -2.43. The monoisotopic (exact) mass is 1200 g/mol. The quantitative estimate of drug-likeness (QED) is 0.148. The molecule has 0 unspecified atom stereocenters. The maximum Gasteiger partial charge on any atom is 0.249 e. The number of para-hydroxylation sites is 6. The van der Waals surface area contributed by atoms with Crippen LogP contribution in [0, 0.1) is 0 Å². The zero-order valence-corrected chi connectivity index (χ0v) is 50.6. The van der Waals surface area contributed by atoms with Crippen molar-refractivity contribution < 1.29 is 30.2 Å². The highest BCUT2D eigenvalue weighted by molar-refractivity contribution is 8.00. The van der Waals surface area contributed by atoms with E-state index >= 15 is 0 Å². The molecule has 0 saturated carbocycles. The van der Waals surface area contributed by atoms with Crippen LogP contribution in [0.2, 0.25) is 0 Å². The second-order valence-electron chi connectivity index (χ2n) is 24.7. The van der Waals surface area contributed by atoms with Crippen LogP contribution in [0.4, 0.5) is 34.1 Å². The van der Waals surface area contributed by atoms with Crippen LogP contribution in [0.3, 0.4) is 0 Å². The molecule has 0 atom stereocenters. The van der Waals surface area contributed by atoms with E-state index in [4.69, 9.17) is 8.22 Å². The minimum absolute atomic E-state index is 0.0419. The number of anilines is 6. The van der Waals surface area contributed by atoms with Crippen molar-refractivity contribution in [2.75, 3.05) is 9.80 Å². The molecule has 6 heteroatoms. The molecule has 4 nitrogen and oxygen atoms in total. The smallest absolute Gasteiger partial charge is 0.249 e. The van der Waals surface area contributed by atoms with Gasteiger partial charge in [0.05, 0.1) is 69.3 Å². The number of hydrogen-bond acceptors (Lipinski definition) is 3. The van der Waals surface area contributed by atoms with E-state index in [2.05, 4.69) is 75.9 Å². The van der Waals surface area contributed by atoms with Gasteiger partial charge in [0.15, 0.2) is 0 Å². The van der Waals surface area contributed by atoms with E-state index in [1.54, 1.807) is 0 Å². The molecule has 2 aromatic heterocycles. The van der Waals surface area contributed by atoms with Gasteiger partial charge in [0.1, 0.15) is 0 Å².